The molecule has 0 aliphatic heterocycles. The van der Waals surface area contributed by atoms with Crippen molar-refractivity contribution in [3.05, 3.63) is 54.2 Å². The first-order valence-electron chi connectivity index (χ1n) is 7.25. The van der Waals surface area contributed by atoms with Crippen molar-refractivity contribution < 1.29 is 19.7 Å². The number of nitrogens with zero attached hydrogens (tertiary/aromatic N) is 1. The lowest BCUT2D eigenvalue weighted by Crippen LogP contribution is -2.13. The van der Waals surface area contributed by atoms with E-state index in [0.717, 1.165) is 0 Å². The Morgan fingerprint density at radius 2 is 2.26 bits per heavy atom. The van der Waals surface area contributed by atoms with Crippen molar-refractivity contribution in [3.8, 4) is 5.75 Å². The van der Waals surface area contributed by atoms with Gasteiger partial charge in [0.15, 0.2) is 0 Å². The fourth-order valence-electron chi connectivity index (χ4n) is 3.01. The fourth-order valence-corrected chi connectivity index (χ4v) is 3.01. The minimum absolute atomic E-state index is 0.0139. The van der Waals surface area contributed by atoms with Gasteiger partial charge in [0, 0.05) is 18.2 Å². The zero-order valence-electron chi connectivity index (χ0n) is 12.7. The summed E-state index contributed by atoms with van der Waals surface area (Å²) in [6, 6.07) is 3.26. The molecule has 120 valence electrons. The maximum absolute atomic E-state index is 11.2. The topological polar surface area (TPSA) is 106 Å². The Labute approximate surface area is 133 Å². The molecule has 6 heteroatoms. The Bertz CT molecular complexity index is 753. The van der Waals surface area contributed by atoms with Crippen LogP contribution in [0.2, 0.25) is 0 Å². The SMILES string of the molecule is C=C(/C(O)=C\C=C(/C)Oc1ccnc(N)c1)[C@@H]1[C@@H]2C[C@@]12C(=O)O. The second-order valence-electron chi connectivity index (χ2n) is 6.01. The molecule has 2 aliphatic rings. The van der Waals surface area contributed by atoms with Crippen molar-refractivity contribution in [2.24, 2.45) is 17.3 Å². The van der Waals surface area contributed by atoms with Gasteiger partial charge in [-0.25, -0.2) is 4.98 Å². The number of aliphatic hydroxyl groups is 1. The van der Waals surface area contributed by atoms with Gasteiger partial charge >= 0.3 is 5.97 Å². The van der Waals surface area contributed by atoms with Crippen LogP contribution >= 0.6 is 0 Å². The molecule has 0 amide bonds. The Kier molecular flexibility index (Phi) is 3.39. The van der Waals surface area contributed by atoms with Gasteiger partial charge in [-0.3, -0.25) is 4.79 Å². The molecule has 3 atom stereocenters. The van der Waals surface area contributed by atoms with Gasteiger partial charge in [0.05, 0.1) is 5.41 Å². The number of fused-ring (bicyclic) bond motifs is 1. The number of rotatable bonds is 6. The highest BCUT2D eigenvalue weighted by Crippen LogP contribution is 2.82. The van der Waals surface area contributed by atoms with E-state index in [1.165, 1.54) is 12.3 Å². The van der Waals surface area contributed by atoms with Crippen LogP contribution in [-0.4, -0.2) is 21.2 Å². The minimum atomic E-state index is -0.799. The average molecular weight is 314 g/mol. The zero-order chi connectivity index (χ0) is 16.8. The first-order chi connectivity index (χ1) is 10.9. The number of nitrogens with two attached hydrogens (primary N) is 1. The summed E-state index contributed by atoms with van der Waals surface area (Å²) in [7, 11) is 0. The lowest BCUT2D eigenvalue weighted by molar-refractivity contribution is -0.141. The Hall–Kier alpha value is -2.76. The Balaban J connectivity index is 1.62. The molecule has 0 aromatic carbocycles. The minimum Gasteiger partial charge on any atom is -0.508 e. The first-order valence-corrected chi connectivity index (χ1v) is 7.25. The van der Waals surface area contributed by atoms with Gasteiger partial charge in [0.1, 0.15) is 23.1 Å². The number of anilines is 1. The van der Waals surface area contributed by atoms with Crippen LogP contribution < -0.4 is 10.5 Å². The Morgan fingerprint density at radius 3 is 2.83 bits per heavy atom. The van der Waals surface area contributed by atoms with Crippen LogP contribution in [0.15, 0.2) is 54.2 Å². The van der Waals surface area contributed by atoms with E-state index in [-0.39, 0.29) is 17.6 Å². The van der Waals surface area contributed by atoms with Crippen molar-refractivity contribution >= 4 is 11.8 Å². The third-order valence-corrected chi connectivity index (χ3v) is 4.52. The number of pyridine rings is 1. The molecule has 0 spiro atoms. The lowest BCUT2D eigenvalue weighted by atomic mass is 9.96. The monoisotopic (exact) mass is 314 g/mol. The molecular formula is C17H18N2O4. The number of aromatic nitrogens is 1. The van der Waals surface area contributed by atoms with Crippen molar-refractivity contribution in [3.63, 3.8) is 0 Å². The van der Waals surface area contributed by atoms with Crippen molar-refractivity contribution in [2.45, 2.75) is 13.3 Å². The molecule has 3 rings (SSSR count). The van der Waals surface area contributed by atoms with Crippen molar-refractivity contribution in [1.82, 2.24) is 4.98 Å². The molecule has 23 heavy (non-hydrogen) atoms. The summed E-state index contributed by atoms with van der Waals surface area (Å²) >= 11 is 0. The number of hydrogen-bond acceptors (Lipinski definition) is 5. The van der Waals surface area contributed by atoms with Crippen molar-refractivity contribution in [1.29, 1.82) is 0 Å². The quantitative estimate of drug-likeness (QED) is 0.550. The Morgan fingerprint density at radius 1 is 1.52 bits per heavy atom. The predicted molar refractivity (Wildman–Crippen MR) is 84.6 cm³/mol. The molecule has 2 saturated carbocycles. The second kappa shape index (κ2) is 5.15. The molecule has 0 saturated heterocycles. The predicted octanol–water partition coefficient (Wildman–Crippen LogP) is 2.67. The molecule has 1 aromatic rings. The first kappa shape index (κ1) is 15.1. The van der Waals surface area contributed by atoms with E-state index in [0.29, 0.717) is 29.3 Å². The van der Waals surface area contributed by atoms with Crippen LogP contribution in [-0.2, 0) is 4.79 Å². The number of carbonyl (C=O) groups is 1. The van der Waals surface area contributed by atoms with E-state index in [1.807, 2.05) is 0 Å². The van der Waals surface area contributed by atoms with E-state index < -0.39 is 11.4 Å². The molecule has 0 radical (unpaired) electrons. The summed E-state index contributed by atoms with van der Waals surface area (Å²) in [5.41, 5.74) is 5.38. The van der Waals surface area contributed by atoms with Crippen LogP contribution in [0.3, 0.4) is 0 Å². The molecule has 2 aliphatic carbocycles. The molecule has 0 bridgehead atoms. The molecule has 0 unspecified atom stereocenters. The number of aliphatic carboxylic acids is 1. The number of hydrogen-bond donors (Lipinski definition) is 3. The van der Waals surface area contributed by atoms with Crippen LogP contribution in [0.1, 0.15) is 13.3 Å². The maximum Gasteiger partial charge on any atom is 0.310 e. The molecule has 2 fully saturated rings. The van der Waals surface area contributed by atoms with Crippen LogP contribution in [0, 0.1) is 17.3 Å². The van der Waals surface area contributed by atoms with Gasteiger partial charge < -0.3 is 20.7 Å². The van der Waals surface area contributed by atoms with Gasteiger partial charge in [0.2, 0.25) is 0 Å². The number of aliphatic hydroxyl groups excluding tert-OH is 1. The highest BCUT2D eigenvalue weighted by atomic mass is 16.5. The van der Waals surface area contributed by atoms with Crippen LogP contribution in [0.5, 0.6) is 5.75 Å². The normalized spacial score (nSPS) is 28.7. The summed E-state index contributed by atoms with van der Waals surface area (Å²) in [4.78, 5) is 15.0. The van der Waals surface area contributed by atoms with Gasteiger partial charge in [-0.05, 0) is 43.1 Å². The average Bonchev–Trinajstić information content (AvgIpc) is 3.33. The van der Waals surface area contributed by atoms with Gasteiger partial charge in [0.25, 0.3) is 0 Å². The largest absolute Gasteiger partial charge is 0.508 e. The third kappa shape index (κ3) is 2.56. The summed E-state index contributed by atoms with van der Waals surface area (Å²) in [5.74, 6) is 0.617. The molecular weight excluding hydrogens is 296 g/mol. The summed E-state index contributed by atoms with van der Waals surface area (Å²) in [6.07, 6.45) is 5.28. The summed E-state index contributed by atoms with van der Waals surface area (Å²) < 4.78 is 5.55. The standard InChI is InChI=1S/C17H18N2O4/c1-9(23-11-5-6-19-14(18)7-11)3-4-13(20)10(2)15-12-8-17(12,15)16(21)22/h3-7,12,15,20H,2,8H2,1H3,(H2,18,19)(H,21,22)/b9-3+,13-4+/t12-,15+,17-/m0/s1. The van der Waals surface area contributed by atoms with Gasteiger partial charge in [-0.2, -0.15) is 0 Å². The van der Waals surface area contributed by atoms with E-state index in [2.05, 4.69) is 11.6 Å². The van der Waals surface area contributed by atoms with E-state index >= 15 is 0 Å². The maximum atomic E-state index is 11.2. The number of carboxylic acids is 1. The smallest absolute Gasteiger partial charge is 0.310 e. The number of carboxylic acid groups (broad SMARTS) is 1. The summed E-state index contributed by atoms with van der Waals surface area (Å²) in [5, 5.41) is 19.2. The lowest BCUT2D eigenvalue weighted by Gasteiger charge is -2.10. The van der Waals surface area contributed by atoms with Gasteiger partial charge in [-0.1, -0.05) is 6.58 Å². The fraction of sp³-hybridized carbons (Fsp3) is 0.294. The van der Waals surface area contributed by atoms with Crippen LogP contribution in [0.25, 0.3) is 0 Å². The van der Waals surface area contributed by atoms with Crippen LogP contribution in [0.4, 0.5) is 5.82 Å². The number of nitrogen functional groups attached to an aromatic ring is 1. The summed E-state index contributed by atoms with van der Waals surface area (Å²) in [6.45, 7) is 5.55. The zero-order valence-corrected chi connectivity index (χ0v) is 12.7. The van der Waals surface area contributed by atoms with E-state index in [1.54, 1.807) is 25.1 Å². The second-order valence-corrected chi connectivity index (χ2v) is 6.01. The molecule has 4 N–H and O–H groups in total. The van der Waals surface area contributed by atoms with E-state index in [9.17, 15) is 15.0 Å². The number of ether oxygens (including phenoxy) is 1. The highest BCUT2D eigenvalue weighted by molar-refractivity contribution is 5.86. The molecule has 6 nitrogen and oxygen atoms in total. The van der Waals surface area contributed by atoms with E-state index in [4.69, 9.17) is 10.5 Å². The van der Waals surface area contributed by atoms with Crippen molar-refractivity contribution in [2.75, 3.05) is 5.73 Å². The van der Waals surface area contributed by atoms with Gasteiger partial charge in [-0.15, -0.1) is 0 Å². The molecule has 1 heterocycles. The molecule has 1 aromatic heterocycles. The third-order valence-electron chi connectivity index (χ3n) is 4.52. The number of allylic oxidation sites excluding steroid dienone is 4. The highest BCUT2D eigenvalue weighted by Gasteiger charge is 2.84.